The number of pyridine rings is 1. The van der Waals surface area contributed by atoms with Crippen LogP contribution in [0.5, 0.6) is 0 Å². The zero-order chi connectivity index (χ0) is 12.2. The zero-order valence-electron chi connectivity index (χ0n) is 8.50. The molecule has 0 aliphatic heterocycles. The Kier molecular flexibility index (Phi) is 3.67. The molecule has 0 saturated heterocycles. The third kappa shape index (κ3) is 2.83. The van der Waals surface area contributed by atoms with Crippen molar-refractivity contribution in [2.45, 2.75) is 11.8 Å². The molecule has 0 aliphatic carbocycles. The monoisotopic (exact) mass is 245 g/mol. The predicted octanol–water partition coefficient (Wildman–Crippen LogP) is 0.0986. The van der Waals surface area contributed by atoms with E-state index in [9.17, 15) is 13.2 Å². The van der Waals surface area contributed by atoms with Crippen molar-refractivity contribution in [2.75, 3.05) is 12.3 Å². The van der Waals surface area contributed by atoms with Crippen molar-refractivity contribution < 1.29 is 17.9 Å². The predicted molar refractivity (Wildman–Crippen MR) is 56.0 cm³/mol. The van der Waals surface area contributed by atoms with Crippen molar-refractivity contribution in [1.29, 1.82) is 0 Å². The number of nitrogens with zero attached hydrogens (tertiary/aromatic N) is 1. The average molecular weight is 245 g/mol. The number of hydrogen-bond donors (Lipinski definition) is 2. The summed E-state index contributed by atoms with van der Waals surface area (Å²) in [6.45, 7) is 1.63. The van der Waals surface area contributed by atoms with Gasteiger partial charge in [0.1, 0.15) is 4.90 Å². The molecule has 1 amide bonds. The highest BCUT2D eigenvalue weighted by Gasteiger charge is 2.20. The topological polar surface area (TPSA) is 111 Å². The van der Waals surface area contributed by atoms with Crippen LogP contribution in [-0.2, 0) is 14.8 Å². The van der Waals surface area contributed by atoms with E-state index in [4.69, 9.17) is 5.73 Å². The molecule has 0 aromatic carbocycles. The Bertz CT molecular complexity index is 486. The fourth-order valence-corrected chi connectivity index (χ4v) is 1.91. The second-order valence-electron chi connectivity index (χ2n) is 2.74. The Morgan fingerprint density at radius 3 is 2.88 bits per heavy atom. The Morgan fingerprint density at radius 2 is 2.31 bits per heavy atom. The van der Waals surface area contributed by atoms with Crippen molar-refractivity contribution in [3.63, 3.8) is 0 Å². The summed E-state index contributed by atoms with van der Waals surface area (Å²) in [5, 5.41) is 0. The second kappa shape index (κ2) is 4.79. The standard InChI is InChI=1S/C8H11N3O4S/c1-2-15-8(12)11-16(13,14)7-5-10-4-3-6(7)9/h3-5H,2H2,1H3,(H2,9,10)(H,11,12). The zero-order valence-corrected chi connectivity index (χ0v) is 9.32. The summed E-state index contributed by atoms with van der Waals surface area (Å²) in [6.07, 6.45) is 1.35. The quantitative estimate of drug-likeness (QED) is 0.781. The first kappa shape index (κ1) is 12.2. The van der Waals surface area contributed by atoms with Crippen molar-refractivity contribution in [3.05, 3.63) is 18.5 Å². The molecule has 16 heavy (non-hydrogen) atoms. The molecule has 88 valence electrons. The van der Waals surface area contributed by atoms with Crippen LogP contribution in [0.1, 0.15) is 6.92 Å². The van der Waals surface area contributed by atoms with Gasteiger partial charge in [-0.25, -0.2) is 17.9 Å². The lowest BCUT2D eigenvalue weighted by Crippen LogP contribution is -2.31. The Balaban J connectivity index is 2.95. The van der Waals surface area contributed by atoms with E-state index in [0.717, 1.165) is 6.20 Å². The van der Waals surface area contributed by atoms with E-state index >= 15 is 0 Å². The lowest BCUT2D eigenvalue weighted by molar-refractivity contribution is 0.158. The highest BCUT2D eigenvalue weighted by molar-refractivity contribution is 7.90. The molecular weight excluding hydrogens is 234 g/mol. The maximum absolute atomic E-state index is 11.6. The van der Waals surface area contributed by atoms with Crippen LogP contribution in [0.15, 0.2) is 23.4 Å². The molecule has 7 nitrogen and oxygen atoms in total. The van der Waals surface area contributed by atoms with Gasteiger partial charge >= 0.3 is 6.09 Å². The maximum Gasteiger partial charge on any atom is 0.421 e. The van der Waals surface area contributed by atoms with Gasteiger partial charge in [-0.05, 0) is 13.0 Å². The molecule has 8 heteroatoms. The van der Waals surface area contributed by atoms with Gasteiger partial charge in [-0.1, -0.05) is 0 Å². The highest BCUT2D eigenvalue weighted by Crippen LogP contribution is 2.15. The van der Waals surface area contributed by atoms with Crippen LogP contribution in [-0.4, -0.2) is 26.1 Å². The summed E-state index contributed by atoms with van der Waals surface area (Å²) in [5.74, 6) is 0. The number of aromatic nitrogens is 1. The third-order valence-electron chi connectivity index (χ3n) is 1.60. The SMILES string of the molecule is CCOC(=O)NS(=O)(=O)c1cnccc1N. The number of anilines is 1. The Labute approximate surface area is 92.7 Å². The number of amides is 1. The molecule has 0 atom stereocenters. The second-order valence-corrected chi connectivity index (χ2v) is 4.39. The fraction of sp³-hybridized carbons (Fsp3) is 0.250. The lowest BCUT2D eigenvalue weighted by atomic mass is 10.4. The number of rotatable bonds is 3. The summed E-state index contributed by atoms with van der Waals surface area (Å²) in [6, 6.07) is 1.32. The number of sulfonamides is 1. The molecule has 0 spiro atoms. The first-order valence-electron chi connectivity index (χ1n) is 4.36. The van der Waals surface area contributed by atoms with Crippen LogP contribution in [0.4, 0.5) is 10.5 Å². The molecule has 0 saturated carbocycles. The molecule has 0 unspecified atom stereocenters. The summed E-state index contributed by atoms with van der Waals surface area (Å²) in [4.78, 5) is 14.3. The molecule has 1 rings (SSSR count). The smallest absolute Gasteiger partial charge is 0.421 e. The third-order valence-corrected chi connectivity index (χ3v) is 2.95. The number of nitrogen functional groups attached to an aromatic ring is 1. The van der Waals surface area contributed by atoms with Gasteiger partial charge in [0, 0.05) is 12.4 Å². The minimum Gasteiger partial charge on any atom is -0.449 e. The fourth-order valence-electron chi connectivity index (χ4n) is 0.941. The van der Waals surface area contributed by atoms with Gasteiger partial charge in [-0.2, -0.15) is 0 Å². The van der Waals surface area contributed by atoms with E-state index in [1.54, 1.807) is 11.6 Å². The average Bonchev–Trinajstić information content (AvgIpc) is 2.17. The van der Waals surface area contributed by atoms with Gasteiger partial charge in [0.15, 0.2) is 0 Å². The summed E-state index contributed by atoms with van der Waals surface area (Å²) in [5.41, 5.74) is 5.45. The van der Waals surface area contributed by atoms with Crippen LogP contribution in [0.25, 0.3) is 0 Å². The Morgan fingerprint density at radius 1 is 1.62 bits per heavy atom. The van der Waals surface area contributed by atoms with E-state index in [2.05, 4.69) is 9.72 Å². The summed E-state index contributed by atoms with van der Waals surface area (Å²) in [7, 11) is -4.02. The normalized spacial score (nSPS) is 10.8. The van der Waals surface area contributed by atoms with Crippen LogP contribution < -0.4 is 10.5 Å². The van der Waals surface area contributed by atoms with Gasteiger partial charge < -0.3 is 10.5 Å². The summed E-state index contributed by atoms with van der Waals surface area (Å²) < 4.78 is 29.4. The molecule has 1 aromatic rings. The minimum atomic E-state index is -4.02. The first-order valence-corrected chi connectivity index (χ1v) is 5.84. The lowest BCUT2D eigenvalue weighted by Gasteiger charge is -2.07. The number of ether oxygens (including phenoxy) is 1. The van der Waals surface area contributed by atoms with Crippen molar-refractivity contribution in [2.24, 2.45) is 0 Å². The molecule has 1 heterocycles. The summed E-state index contributed by atoms with van der Waals surface area (Å²) >= 11 is 0. The number of nitrogens with one attached hydrogen (secondary N) is 1. The van der Waals surface area contributed by atoms with Gasteiger partial charge in [0.25, 0.3) is 10.0 Å². The minimum absolute atomic E-state index is 0.00629. The molecule has 0 bridgehead atoms. The molecular formula is C8H11N3O4S. The largest absolute Gasteiger partial charge is 0.449 e. The van der Waals surface area contributed by atoms with Crippen LogP contribution in [0.2, 0.25) is 0 Å². The van der Waals surface area contributed by atoms with E-state index in [1.807, 2.05) is 0 Å². The van der Waals surface area contributed by atoms with Gasteiger partial charge in [0.05, 0.1) is 12.3 Å². The van der Waals surface area contributed by atoms with E-state index in [-0.39, 0.29) is 17.2 Å². The Hall–Kier alpha value is -1.83. The molecule has 0 aliphatic rings. The molecule has 3 N–H and O–H groups in total. The van der Waals surface area contributed by atoms with E-state index in [1.165, 1.54) is 12.3 Å². The molecule has 1 aromatic heterocycles. The number of carbonyl (C=O) groups is 1. The van der Waals surface area contributed by atoms with Crippen LogP contribution in [0, 0.1) is 0 Å². The number of carbonyl (C=O) groups excluding carboxylic acids is 1. The maximum atomic E-state index is 11.6. The van der Waals surface area contributed by atoms with Crippen molar-refractivity contribution >= 4 is 21.8 Å². The van der Waals surface area contributed by atoms with Gasteiger partial charge in [0.2, 0.25) is 0 Å². The van der Waals surface area contributed by atoms with Crippen LogP contribution in [0.3, 0.4) is 0 Å². The first-order chi connectivity index (χ1) is 7.47. The van der Waals surface area contributed by atoms with E-state index in [0.29, 0.717) is 0 Å². The van der Waals surface area contributed by atoms with Crippen molar-refractivity contribution in [1.82, 2.24) is 9.71 Å². The van der Waals surface area contributed by atoms with Gasteiger partial charge in [-0.3, -0.25) is 4.98 Å². The van der Waals surface area contributed by atoms with Gasteiger partial charge in [-0.15, -0.1) is 0 Å². The van der Waals surface area contributed by atoms with E-state index < -0.39 is 16.1 Å². The van der Waals surface area contributed by atoms with Crippen LogP contribution >= 0.6 is 0 Å². The number of nitrogens with two attached hydrogens (primary N) is 1. The number of hydrogen-bond acceptors (Lipinski definition) is 6. The highest BCUT2D eigenvalue weighted by atomic mass is 32.2. The van der Waals surface area contributed by atoms with Crippen molar-refractivity contribution in [3.8, 4) is 0 Å². The molecule has 0 radical (unpaired) electrons. The molecule has 0 fully saturated rings.